The number of hydrogen-bond donors (Lipinski definition) is 2. The summed E-state index contributed by atoms with van der Waals surface area (Å²) in [6.07, 6.45) is 5.64. The van der Waals surface area contributed by atoms with Crippen molar-refractivity contribution in [1.82, 2.24) is 0 Å². The lowest BCUT2D eigenvalue weighted by Gasteiger charge is -2.22. The molecule has 0 aliphatic heterocycles. The zero-order valence-corrected chi connectivity index (χ0v) is 9.19. The molecule has 0 bridgehead atoms. The molecule has 16 heavy (non-hydrogen) atoms. The third-order valence-corrected chi connectivity index (χ3v) is 3.37. The fourth-order valence-corrected chi connectivity index (χ4v) is 2.45. The Labute approximate surface area is 95.3 Å². The van der Waals surface area contributed by atoms with Crippen LogP contribution in [0, 0.1) is 5.82 Å². The zero-order chi connectivity index (χ0) is 11.5. The Bertz CT molecular complexity index is 362. The maximum atomic E-state index is 13.8. The van der Waals surface area contributed by atoms with Crippen LogP contribution >= 0.6 is 0 Å². The lowest BCUT2D eigenvalue weighted by atomic mass is 9.77. The van der Waals surface area contributed by atoms with Gasteiger partial charge in [0.1, 0.15) is 5.82 Å². The summed E-state index contributed by atoms with van der Waals surface area (Å²) in [7, 11) is -1.59. The molecule has 0 spiro atoms. The molecule has 1 aliphatic rings. The Morgan fingerprint density at radius 2 is 1.81 bits per heavy atom. The van der Waals surface area contributed by atoms with E-state index >= 15 is 0 Å². The van der Waals surface area contributed by atoms with Gasteiger partial charge in [-0.25, -0.2) is 4.39 Å². The highest BCUT2D eigenvalue weighted by Gasteiger charge is 2.20. The average Bonchev–Trinajstić information content (AvgIpc) is 2.30. The third kappa shape index (κ3) is 2.44. The topological polar surface area (TPSA) is 40.5 Å². The lowest BCUT2D eigenvalue weighted by Crippen LogP contribution is -2.30. The minimum atomic E-state index is -1.59. The van der Waals surface area contributed by atoms with Gasteiger partial charge < -0.3 is 10.0 Å². The van der Waals surface area contributed by atoms with Crippen LogP contribution in [-0.2, 0) is 0 Å². The van der Waals surface area contributed by atoms with E-state index in [1.807, 2.05) is 0 Å². The number of hydrogen-bond acceptors (Lipinski definition) is 2. The molecule has 0 aromatic heterocycles. The van der Waals surface area contributed by atoms with Crippen LogP contribution in [0.5, 0.6) is 0 Å². The van der Waals surface area contributed by atoms with Crippen LogP contribution in [-0.4, -0.2) is 17.2 Å². The largest absolute Gasteiger partial charge is 0.488 e. The molecular formula is C12H16BFO2. The van der Waals surface area contributed by atoms with Crippen molar-refractivity contribution in [1.29, 1.82) is 0 Å². The molecule has 2 nitrogen and oxygen atoms in total. The average molecular weight is 222 g/mol. The van der Waals surface area contributed by atoms with Gasteiger partial charge in [-0.2, -0.15) is 0 Å². The minimum Gasteiger partial charge on any atom is -0.423 e. The van der Waals surface area contributed by atoms with Crippen LogP contribution in [0.15, 0.2) is 18.2 Å². The predicted octanol–water partition coefficient (Wildman–Crippen LogP) is 1.55. The van der Waals surface area contributed by atoms with Crippen molar-refractivity contribution in [3.05, 3.63) is 29.6 Å². The van der Waals surface area contributed by atoms with Crippen molar-refractivity contribution in [3.63, 3.8) is 0 Å². The van der Waals surface area contributed by atoms with Crippen LogP contribution in [0.25, 0.3) is 0 Å². The van der Waals surface area contributed by atoms with E-state index < -0.39 is 7.12 Å². The Morgan fingerprint density at radius 3 is 2.38 bits per heavy atom. The molecule has 2 rings (SSSR count). The van der Waals surface area contributed by atoms with Crippen molar-refractivity contribution in [3.8, 4) is 0 Å². The highest BCUT2D eigenvalue weighted by molar-refractivity contribution is 6.58. The lowest BCUT2D eigenvalue weighted by molar-refractivity contribution is 0.423. The fourth-order valence-electron chi connectivity index (χ4n) is 2.45. The van der Waals surface area contributed by atoms with Crippen molar-refractivity contribution in [2.24, 2.45) is 0 Å². The van der Waals surface area contributed by atoms with E-state index in [1.54, 1.807) is 12.1 Å². The molecule has 1 aromatic carbocycles. The molecule has 1 aromatic rings. The van der Waals surface area contributed by atoms with E-state index in [2.05, 4.69) is 0 Å². The van der Waals surface area contributed by atoms with Gasteiger partial charge in [0, 0.05) is 0 Å². The summed E-state index contributed by atoms with van der Waals surface area (Å²) in [5.74, 6) is -0.00358. The summed E-state index contributed by atoms with van der Waals surface area (Å²) in [6.45, 7) is 0. The van der Waals surface area contributed by atoms with Gasteiger partial charge >= 0.3 is 7.12 Å². The first-order valence-electron chi connectivity index (χ1n) is 5.84. The van der Waals surface area contributed by atoms with Crippen LogP contribution in [0.1, 0.15) is 43.6 Å². The first kappa shape index (κ1) is 11.6. The molecule has 0 saturated heterocycles. The summed E-state index contributed by atoms with van der Waals surface area (Å²) in [5.41, 5.74) is 0.946. The molecule has 1 aliphatic carbocycles. The maximum Gasteiger partial charge on any atom is 0.488 e. The van der Waals surface area contributed by atoms with Gasteiger partial charge in [0.05, 0.1) is 0 Å². The molecule has 0 heterocycles. The van der Waals surface area contributed by atoms with Crippen LogP contribution in [0.3, 0.4) is 0 Å². The minimum absolute atomic E-state index is 0.219. The molecule has 2 N–H and O–H groups in total. The molecule has 1 saturated carbocycles. The molecule has 0 unspecified atom stereocenters. The van der Waals surface area contributed by atoms with Crippen molar-refractivity contribution < 1.29 is 14.4 Å². The predicted molar refractivity (Wildman–Crippen MR) is 62.1 cm³/mol. The summed E-state index contributed by atoms with van der Waals surface area (Å²) >= 11 is 0. The second-order valence-corrected chi connectivity index (χ2v) is 4.49. The quantitative estimate of drug-likeness (QED) is 0.745. The molecule has 0 radical (unpaired) electrons. The monoisotopic (exact) mass is 222 g/mol. The normalized spacial score (nSPS) is 17.4. The van der Waals surface area contributed by atoms with Gasteiger partial charge in [0.15, 0.2) is 0 Å². The van der Waals surface area contributed by atoms with Gasteiger partial charge in [-0.05, 0) is 35.9 Å². The highest BCUT2D eigenvalue weighted by atomic mass is 19.1. The van der Waals surface area contributed by atoms with E-state index in [-0.39, 0.29) is 11.3 Å². The molecule has 86 valence electrons. The smallest absolute Gasteiger partial charge is 0.423 e. The number of rotatable bonds is 2. The fraction of sp³-hybridized carbons (Fsp3) is 0.500. The molecular weight excluding hydrogens is 206 g/mol. The third-order valence-electron chi connectivity index (χ3n) is 3.37. The Morgan fingerprint density at radius 1 is 1.12 bits per heavy atom. The Balaban J connectivity index is 2.21. The standard InChI is InChI=1S/C12H16BFO2/c14-12-8-10(13(15)16)6-7-11(12)9-4-2-1-3-5-9/h6-9,15-16H,1-5H2. The summed E-state index contributed by atoms with van der Waals surface area (Å²) in [6, 6.07) is 4.52. The molecule has 1 fully saturated rings. The molecule has 0 atom stereocenters. The Hall–Kier alpha value is -0.865. The summed E-state index contributed by atoms with van der Waals surface area (Å²) in [4.78, 5) is 0. The van der Waals surface area contributed by atoms with E-state index in [0.717, 1.165) is 31.2 Å². The van der Waals surface area contributed by atoms with Gasteiger partial charge in [-0.3, -0.25) is 0 Å². The van der Waals surface area contributed by atoms with Crippen molar-refractivity contribution >= 4 is 12.6 Å². The van der Waals surface area contributed by atoms with Crippen LogP contribution in [0.4, 0.5) is 4.39 Å². The number of benzene rings is 1. The van der Waals surface area contributed by atoms with E-state index in [1.165, 1.54) is 12.5 Å². The first-order valence-corrected chi connectivity index (χ1v) is 5.84. The molecule has 4 heteroatoms. The van der Waals surface area contributed by atoms with Crippen LogP contribution < -0.4 is 5.46 Å². The van der Waals surface area contributed by atoms with E-state index in [9.17, 15) is 4.39 Å². The van der Waals surface area contributed by atoms with Gasteiger partial charge in [0.25, 0.3) is 0 Å². The molecule has 0 amide bonds. The second kappa shape index (κ2) is 4.98. The summed E-state index contributed by atoms with van der Waals surface area (Å²) in [5, 5.41) is 17.9. The van der Waals surface area contributed by atoms with E-state index in [0.29, 0.717) is 5.92 Å². The van der Waals surface area contributed by atoms with Gasteiger partial charge in [0.2, 0.25) is 0 Å². The Kier molecular flexibility index (Phi) is 3.61. The van der Waals surface area contributed by atoms with Gasteiger partial charge in [-0.15, -0.1) is 0 Å². The van der Waals surface area contributed by atoms with Crippen LogP contribution in [0.2, 0.25) is 0 Å². The first-order chi connectivity index (χ1) is 7.68. The van der Waals surface area contributed by atoms with Crippen molar-refractivity contribution in [2.45, 2.75) is 38.0 Å². The maximum absolute atomic E-state index is 13.8. The summed E-state index contributed by atoms with van der Waals surface area (Å²) < 4.78 is 13.8. The van der Waals surface area contributed by atoms with E-state index in [4.69, 9.17) is 10.0 Å². The van der Waals surface area contributed by atoms with Crippen molar-refractivity contribution in [2.75, 3.05) is 0 Å². The zero-order valence-electron chi connectivity index (χ0n) is 9.19. The SMILES string of the molecule is OB(O)c1ccc(C2CCCCC2)c(F)c1. The second-order valence-electron chi connectivity index (χ2n) is 4.49. The highest BCUT2D eigenvalue weighted by Crippen LogP contribution is 2.33. The number of halogens is 1. The van der Waals surface area contributed by atoms with Gasteiger partial charge in [-0.1, -0.05) is 31.4 Å².